The highest BCUT2D eigenvalue weighted by Crippen LogP contribution is 2.28. The van der Waals surface area contributed by atoms with E-state index in [-0.39, 0.29) is 18.2 Å². The molecule has 0 aromatic heterocycles. The van der Waals surface area contributed by atoms with Crippen LogP contribution < -0.4 is 10.1 Å². The highest BCUT2D eigenvalue weighted by molar-refractivity contribution is 5.48. The average Bonchev–Trinajstić information content (AvgIpc) is 3.21. The van der Waals surface area contributed by atoms with Crippen molar-refractivity contribution in [3.8, 4) is 5.75 Å². The second-order valence-corrected chi connectivity index (χ2v) is 4.47. The minimum Gasteiger partial charge on any atom is -0.460 e. The van der Waals surface area contributed by atoms with Crippen molar-refractivity contribution in [2.45, 2.75) is 32.4 Å². The van der Waals surface area contributed by atoms with Crippen LogP contribution in [-0.4, -0.2) is 24.4 Å². The molecule has 0 atom stereocenters. The van der Waals surface area contributed by atoms with E-state index in [1.54, 1.807) is 12.1 Å². The van der Waals surface area contributed by atoms with Crippen LogP contribution in [0.15, 0.2) is 18.2 Å². The highest BCUT2D eigenvalue weighted by atomic mass is 16.7. The first-order valence-electron chi connectivity index (χ1n) is 6.42. The normalized spacial score (nSPS) is 14.4. The lowest BCUT2D eigenvalue weighted by atomic mass is 10.2. The molecule has 1 aliphatic carbocycles. The predicted molar refractivity (Wildman–Crippen MR) is 70.1 cm³/mol. The van der Waals surface area contributed by atoms with E-state index >= 15 is 0 Å². The van der Waals surface area contributed by atoms with Gasteiger partial charge >= 0.3 is 5.69 Å². The van der Waals surface area contributed by atoms with E-state index < -0.39 is 4.92 Å². The summed E-state index contributed by atoms with van der Waals surface area (Å²) < 4.78 is 10.3. The van der Waals surface area contributed by atoms with Crippen molar-refractivity contribution in [1.29, 1.82) is 0 Å². The lowest BCUT2D eigenvalue weighted by molar-refractivity contribution is -0.386. The molecule has 6 heteroatoms. The molecule has 0 amide bonds. The molecule has 1 aliphatic rings. The van der Waals surface area contributed by atoms with Crippen molar-refractivity contribution in [2.24, 2.45) is 0 Å². The van der Waals surface area contributed by atoms with E-state index in [1.165, 1.54) is 12.8 Å². The Balaban J connectivity index is 2.02. The van der Waals surface area contributed by atoms with Crippen LogP contribution in [0.4, 0.5) is 5.69 Å². The lowest BCUT2D eigenvalue weighted by Gasteiger charge is -2.08. The summed E-state index contributed by atoms with van der Waals surface area (Å²) >= 11 is 0. The number of benzene rings is 1. The third-order valence-electron chi connectivity index (χ3n) is 2.89. The van der Waals surface area contributed by atoms with Crippen LogP contribution in [0.3, 0.4) is 0 Å². The molecule has 1 aromatic carbocycles. The summed E-state index contributed by atoms with van der Waals surface area (Å²) in [7, 11) is 0. The van der Waals surface area contributed by atoms with Crippen molar-refractivity contribution >= 4 is 5.69 Å². The Morgan fingerprint density at radius 1 is 1.47 bits per heavy atom. The number of rotatable bonds is 8. The minimum absolute atomic E-state index is 0.0187. The van der Waals surface area contributed by atoms with Crippen LogP contribution >= 0.6 is 0 Å². The molecule has 0 radical (unpaired) electrons. The van der Waals surface area contributed by atoms with Crippen LogP contribution in [0.2, 0.25) is 0 Å². The first kappa shape index (κ1) is 13.8. The Morgan fingerprint density at radius 2 is 2.26 bits per heavy atom. The number of nitro groups is 1. The molecule has 0 saturated heterocycles. The first-order valence-corrected chi connectivity index (χ1v) is 6.42. The summed E-state index contributed by atoms with van der Waals surface area (Å²) in [6.07, 6.45) is 2.38. The molecule has 1 N–H and O–H groups in total. The van der Waals surface area contributed by atoms with Gasteiger partial charge < -0.3 is 14.8 Å². The van der Waals surface area contributed by atoms with E-state index in [0.29, 0.717) is 19.2 Å². The largest absolute Gasteiger partial charge is 0.460 e. The number of nitro benzene ring substituents is 1. The molecule has 0 heterocycles. The van der Waals surface area contributed by atoms with Gasteiger partial charge in [-0.05, 0) is 31.4 Å². The molecule has 1 aromatic rings. The monoisotopic (exact) mass is 266 g/mol. The zero-order valence-electron chi connectivity index (χ0n) is 10.9. The molecule has 1 saturated carbocycles. The van der Waals surface area contributed by atoms with Gasteiger partial charge in [0, 0.05) is 25.3 Å². The van der Waals surface area contributed by atoms with Gasteiger partial charge in [-0.25, -0.2) is 0 Å². The third-order valence-corrected chi connectivity index (χ3v) is 2.89. The van der Waals surface area contributed by atoms with Crippen LogP contribution in [0.5, 0.6) is 5.75 Å². The fraction of sp³-hybridized carbons (Fsp3) is 0.538. The summed E-state index contributed by atoms with van der Waals surface area (Å²) in [5, 5.41) is 14.3. The summed E-state index contributed by atoms with van der Waals surface area (Å²) in [5.74, 6) is 0.244. The van der Waals surface area contributed by atoms with Crippen LogP contribution in [-0.2, 0) is 11.3 Å². The van der Waals surface area contributed by atoms with Crippen LogP contribution in [0.25, 0.3) is 0 Å². The van der Waals surface area contributed by atoms with Gasteiger partial charge in [0.1, 0.15) is 0 Å². The second-order valence-electron chi connectivity index (χ2n) is 4.47. The van der Waals surface area contributed by atoms with Gasteiger partial charge in [-0.2, -0.15) is 0 Å². The Hall–Kier alpha value is -1.66. The van der Waals surface area contributed by atoms with E-state index in [2.05, 4.69) is 5.32 Å². The van der Waals surface area contributed by atoms with Crippen molar-refractivity contribution in [1.82, 2.24) is 5.32 Å². The summed E-state index contributed by atoms with van der Waals surface area (Å²) in [6, 6.07) is 5.59. The molecule has 0 spiro atoms. The van der Waals surface area contributed by atoms with Gasteiger partial charge in [0.2, 0.25) is 0 Å². The SMILES string of the molecule is CCOCOc1ccc(CNC2CC2)cc1[N+](=O)[O-]. The van der Waals surface area contributed by atoms with Crippen molar-refractivity contribution in [2.75, 3.05) is 13.4 Å². The zero-order chi connectivity index (χ0) is 13.7. The fourth-order valence-electron chi connectivity index (χ4n) is 1.68. The highest BCUT2D eigenvalue weighted by Gasteiger charge is 2.21. The van der Waals surface area contributed by atoms with Crippen molar-refractivity contribution < 1.29 is 14.4 Å². The van der Waals surface area contributed by atoms with Crippen molar-refractivity contribution in [3.63, 3.8) is 0 Å². The zero-order valence-corrected chi connectivity index (χ0v) is 10.9. The molecule has 6 nitrogen and oxygen atoms in total. The molecular formula is C13H18N2O4. The van der Waals surface area contributed by atoms with Gasteiger partial charge in [0.25, 0.3) is 0 Å². The Kier molecular flexibility index (Phi) is 4.70. The lowest BCUT2D eigenvalue weighted by Crippen LogP contribution is -2.15. The molecule has 0 aliphatic heterocycles. The second kappa shape index (κ2) is 6.49. The smallest absolute Gasteiger partial charge is 0.311 e. The van der Waals surface area contributed by atoms with Gasteiger partial charge in [0.15, 0.2) is 12.5 Å². The van der Waals surface area contributed by atoms with E-state index in [1.807, 2.05) is 13.0 Å². The van der Waals surface area contributed by atoms with E-state index in [9.17, 15) is 10.1 Å². The molecule has 0 bridgehead atoms. The molecule has 104 valence electrons. The van der Waals surface area contributed by atoms with E-state index in [4.69, 9.17) is 9.47 Å². The number of nitrogens with one attached hydrogen (secondary N) is 1. The standard InChI is InChI=1S/C13H18N2O4/c1-2-18-9-19-13-6-3-10(7-12(13)15(16)17)8-14-11-4-5-11/h3,6-7,11,14H,2,4-5,8-9H2,1H3. The van der Waals surface area contributed by atoms with Gasteiger partial charge in [-0.1, -0.05) is 6.07 Å². The maximum absolute atomic E-state index is 11.0. The molecule has 19 heavy (non-hydrogen) atoms. The average molecular weight is 266 g/mol. The Bertz CT molecular complexity index is 446. The molecule has 1 fully saturated rings. The summed E-state index contributed by atoms with van der Waals surface area (Å²) in [6.45, 7) is 3.02. The first-order chi connectivity index (χ1) is 9.20. The summed E-state index contributed by atoms with van der Waals surface area (Å²) in [4.78, 5) is 10.6. The minimum atomic E-state index is -0.429. The molecular weight excluding hydrogens is 248 g/mol. The predicted octanol–water partition coefficient (Wildman–Crippen LogP) is 2.22. The van der Waals surface area contributed by atoms with Crippen LogP contribution in [0, 0.1) is 10.1 Å². The number of ether oxygens (including phenoxy) is 2. The topological polar surface area (TPSA) is 73.6 Å². The molecule has 2 rings (SSSR count). The van der Waals surface area contributed by atoms with E-state index in [0.717, 1.165) is 5.56 Å². The van der Waals surface area contributed by atoms with Crippen molar-refractivity contribution in [3.05, 3.63) is 33.9 Å². The summed E-state index contributed by atoms with van der Waals surface area (Å²) in [5.41, 5.74) is 0.872. The fourth-order valence-corrected chi connectivity index (χ4v) is 1.68. The number of hydrogen-bond acceptors (Lipinski definition) is 5. The van der Waals surface area contributed by atoms with Gasteiger partial charge in [-0.3, -0.25) is 10.1 Å². The quantitative estimate of drug-likeness (QED) is 0.338. The number of nitrogens with zero attached hydrogens (tertiary/aromatic N) is 1. The van der Waals surface area contributed by atoms with Crippen LogP contribution in [0.1, 0.15) is 25.3 Å². The molecule has 0 unspecified atom stereocenters. The van der Waals surface area contributed by atoms with Gasteiger partial charge in [-0.15, -0.1) is 0 Å². The third kappa shape index (κ3) is 4.18. The Labute approximate surface area is 111 Å². The number of hydrogen-bond donors (Lipinski definition) is 1. The Morgan fingerprint density at radius 3 is 2.89 bits per heavy atom. The van der Waals surface area contributed by atoms with Gasteiger partial charge in [0.05, 0.1) is 4.92 Å². The maximum Gasteiger partial charge on any atom is 0.311 e. The maximum atomic E-state index is 11.0.